The van der Waals surface area contributed by atoms with Crippen LogP contribution in [-0.4, -0.2) is 30.7 Å². The second-order valence-electron chi connectivity index (χ2n) is 3.22. The van der Waals surface area contributed by atoms with Gasteiger partial charge in [0.15, 0.2) is 5.78 Å². The van der Waals surface area contributed by atoms with Gasteiger partial charge in [-0.05, 0) is 13.0 Å². The first kappa shape index (κ1) is 10.4. The van der Waals surface area contributed by atoms with Gasteiger partial charge in [-0.1, -0.05) is 0 Å². The molecular weight excluding hydrogens is 206 g/mol. The lowest BCUT2D eigenvalue weighted by atomic mass is 10.1. The molecule has 0 bridgehead atoms. The molecule has 2 aromatic heterocycles. The SMILES string of the molecule is CCn1ncnc1CC(=O)c1ccnnc1. The molecule has 0 unspecified atom stereocenters. The van der Waals surface area contributed by atoms with Crippen LogP contribution in [0.1, 0.15) is 23.1 Å². The largest absolute Gasteiger partial charge is 0.294 e. The van der Waals surface area contributed by atoms with Gasteiger partial charge in [0.25, 0.3) is 0 Å². The van der Waals surface area contributed by atoms with E-state index in [2.05, 4.69) is 20.3 Å². The van der Waals surface area contributed by atoms with Gasteiger partial charge in [-0.2, -0.15) is 15.3 Å². The van der Waals surface area contributed by atoms with Gasteiger partial charge < -0.3 is 0 Å². The van der Waals surface area contributed by atoms with Gasteiger partial charge in [0, 0.05) is 12.1 Å². The van der Waals surface area contributed by atoms with Crippen molar-refractivity contribution >= 4 is 5.78 Å². The summed E-state index contributed by atoms with van der Waals surface area (Å²) in [7, 11) is 0. The number of hydrogen-bond acceptors (Lipinski definition) is 5. The highest BCUT2D eigenvalue weighted by atomic mass is 16.1. The van der Waals surface area contributed by atoms with Crippen molar-refractivity contribution < 1.29 is 4.79 Å². The van der Waals surface area contributed by atoms with Gasteiger partial charge in [-0.15, -0.1) is 0 Å². The molecule has 6 nitrogen and oxygen atoms in total. The molecule has 0 aromatic carbocycles. The molecule has 16 heavy (non-hydrogen) atoms. The molecule has 2 heterocycles. The van der Waals surface area contributed by atoms with Gasteiger partial charge >= 0.3 is 0 Å². The Morgan fingerprint density at radius 3 is 3.00 bits per heavy atom. The summed E-state index contributed by atoms with van der Waals surface area (Å²) in [4.78, 5) is 15.9. The molecule has 2 rings (SSSR count). The molecule has 0 aliphatic rings. The third-order valence-corrected chi connectivity index (χ3v) is 2.22. The zero-order chi connectivity index (χ0) is 11.4. The van der Waals surface area contributed by atoms with E-state index in [4.69, 9.17) is 0 Å². The number of aryl methyl sites for hydroxylation is 1. The molecule has 0 aliphatic carbocycles. The fraction of sp³-hybridized carbons (Fsp3) is 0.300. The maximum absolute atomic E-state index is 11.8. The Morgan fingerprint density at radius 1 is 1.44 bits per heavy atom. The summed E-state index contributed by atoms with van der Waals surface area (Å²) in [6.07, 6.45) is 4.64. The number of ketones is 1. The Labute approximate surface area is 92.3 Å². The highest BCUT2D eigenvalue weighted by Crippen LogP contribution is 2.03. The lowest BCUT2D eigenvalue weighted by Crippen LogP contribution is -2.11. The van der Waals surface area contributed by atoms with Crippen molar-refractivity contribution in [1.82, 2.24) is 25.0 Å². The monoisotopic (exact) mass is 217 g/mol. The van der Waals surface area contributed by atoms with Crippen LogP contribution in [0.5, 0.6) is 0 Å². The Kier molecular flexibility index (Phi) is 3.00. The van der Waals surface area contributed by atoms with Crippen LogP contribution in [0.4, 0.5) is 0 Å². The lowest BCUT2D eigenvalue weighted by molar-refractivity contribution is 0.0989. The molecule has 0 radical (unpaired) electrons. The van der Waals surface area contributed by atoms with Crippen LogP contribution in [0.15, 0.2) is 24.8 Å². The second-order valence-corrected chi connectivity index (χ2v) is 3.22. The molecule has 2 aromatic rings. The fourth-order valence-electron chi connectivity index (χ4n) is 1.39. The Bertz CT molecular complexity index is 479. The van der Waals surface area contributed by atoms with Gasteiger partial charge in [0.1, 0.15) is 12.2 Å². The van der Waals surface area contributed by atoms with Crippen LogP contribution >= 0.6 is 0 Å². The van der Waals surface area contributed by atoms with E-state index in [1.165, 1.54) is 18.7 Å². The summed E-state index contributed by atoms with van der Waals surface area (Å²) < 4.78 is 1.70. The Balaban J connectivity index is 2.14. The van der Waals surface area contributed by atoms with E-state index in [0.717, 1.165) is 0 Å². The van der Waals surface area contributed by atoms with E-state index in [0.29, 0.717) is 17.9 Å². The van der Waals surface area contributed by atoms with Crippen molar-refractivity contribution in [2.24, 2.45) is 0 Å². The van der Waals surface area contributed by atoms with Crippen molar-refractivity contribution in [3.63, 3.8) is 0 Å². The van der Waals surface area contributed by atoms with Crippen LogP contribution < -0.4 is 0 Å². The number of carbonyl (C=O) groups excluding carboxylic acids is 1. The van der Waals surface area contributed by atoms with E-state index in [1.54, 1.807) is 10.7 Å². The third kappa shape index (κ3) is 2.10. The number of Topliss-reactive ketones (excluding diaryl/α,β-unsaturated/α-hetero) is 1. The maximum Gasteiger partial charge on any atom is 0.172 e. The van der Waals surface area contributed by atoms with Gasteiger partial charge in [-0.25, -0.2) is 9.67 Å². The summed E-state index contributed by atoms with van der Waals surface area (Å²) in [5.41, 5.74) is 0.542. The van der Waals surface area contributed by atoms with Gasteiger partial charge in [0.05, 0.1) is 18.8 Å². The molecule has 0 fully saturated rings. The van der Waals surface area contributed by atoms with Crippen LogP contribution in [0.25, 0.3) is 0 Å². The van der Waals surface area contributed by atoms with Crippen molar-refractivity contribution in [1.29, 1.82) is 0 Å². The number of rotatable bonds is 4. The summed E-state index contributed by atoms with van der Waals surface area (Å²) in [6, 6.07) is 1.64. The summed E-state index contributed by atoms with van der Waals surface area (Å²) in [5, 5.41) is 11.3. The first-order chi connectivity index (χ1) is 7.81. The second kappa shape index (κ2) is 4.61. The summed E-state index contributed by atoms with van der Waals surface area (Å²) in [5.74, 6) is 0.641. The molecule has 0 atom stereocenters. The average molecular weight is 217 g/mol. The number of carbonyl (C=O) groups is 1. The van der Waals surface area contributed by atoms with E-state index in [-0.39, 0.29) is 12.2 Å². The van der Waals surface area contributed by atoms with E-state index >= 15 is 0 Å². The third-order valence-electron chi connectivity index (χ3n) is 2.22. The minimum Gasteiger partial charge on any atom is -0.294 e. The summed E-state index contributed by atoms with van der Waals surface area (Å²) in [6.45, 7) is 2.66. The average Bonchev–Trinajstić information content (AvgIpc) is 2.77. The minimum absolute atomic E-state index is 0.0300. The normalized spacial score (nSPS) is 10.3. The quantitative estimate of drug-likeness (QED) is 0.698. The fourth-order valence-corrected chi connectivity index (χ4v) is 1.39. The molecule has 6 heteroatoms. The highest BCUT2D eigenvalue weighted by Gasteiger charge is 2.11. The number of aromatic nitrogens is 5. The van der Waals surface area contributed by atoms with Crippen molar-refractivity contribution in [2.45, 2.75) is 19.9 Å². The Morgan fingerprint density at radius 2 is 2.31 bits per heavy atom. The van der Waals surface area contributed by atoms with E-state index in [9.17, 15) is 4.79 Å². The molecule has 82 valence electrons. The molecule has 0 N–H and O–H groups in total. The first-order valence-corrected chi connectivity index (χ1v) is 4.98. The first-order valence-electron chi connectivity index (χ1n) is 4.98. The number of hydrogen-bond donors (Lipinski definition) is 0. The standard InChI is InChI=1S/C10H11N5O/c1-2-15-10(11-7-14-15)5-9(16)8-3-4-12-13-6-8/h3-4,6-7H,2,5H2,1H3. The predicted molar refractivity (Wildman–Crippen MR) is 55.8 cm³/mol. The van der Waals surface area contributed by atoms with Crippen molar-refractivity contribution in [3.05, 3.63) is 36.2 Å². The van der Waals surface area contributed by atoms with Crippen LogP contribution in [-0.2, 0) is 13.0 Å². The highest BCUT2D eigenvalue weighted by molar-refractivity contribution is 5.96. The molecule has 0 amide bonds. The van der Waals surface area contributed by atoms with Crippen LogP contribution in [0.2, 0.25) is 0 Å². The van der Waals surface area contributed by atoms with Gasteiger partial charge in [-0.3, -0.25) is 4.79 Å². The van der Waals surface area contributed by atoms with Crippen LogP contribution in [0.3, 0.4) is 0 Å². The minimum atomic E-state index is -0.0300. The van der Waals surface area contributed by atoms with Crippen LogP contribution in [0, 0.1) is 0 Å². The molecule has 0 saturated carbocycles. The summed E-state index contributed by atoms with van der Waals surface area (Å²) >= 11 is 0. The molecule has 0 aliphatic heterocycles. The smallest absolute Gasteiger partial charge is 0.172 e. The predicted octanol–water partition coefficient (Wildman–Crippen LogP) is 0.513. The Hall–Kier alpha value is -2.11. The van der Waals surface area contributed by atoms with E-state index in [1.807, 2.05) is 6.92 Å². The number of nitrogens with zero attached hydrogens (tertiary/aromatic N) is 5. The van der Waals surface area contributed by atoms with Crippen molar-refractivity contribution in [2.75, 3.05) is 0 Å². The molecular formula is C10H11N5O. The topological polar surface area (TPSA) is 73.6 Å². The zero-order valence-corrected chi connectivity index (χ0v) is 8.87. The maximum atomic E-state index is 11.8. The zero-order valence-electron chi connectivity index (χ0n) is 8.87. The molecule has 0 saturated heterocycles. The van der Waals surface area contributed by atoms with E-state index < -0.39 is 0 Å². The lowest BCUT2D eigenvalue weighted by Gasteiger charge is -2.01. The molecule has 0 spiro atoms. The van der Waals surface area contributed by atoms with Crippen molar-refractivity contribution in [3.8, 4) is 0 Å². The van der Waals surface area contributed by atoms with Gasteiger partial charge in [0.2, 0.25) is 0 Å².